The zero-order chi connectivity index (χ0) is 10.8. The van der Waals surface area contributed by atoms with Gasteiger partial charge in [-0.15, -0.1) is 11.8 Å². The maximum atomic E-state index is 10.8. The highest BCUT2D eigenvalue weighted by molar-refractivity contribution is 8.13. The third-order valence-corrected chi connectivity index (χ3v) is 4.78. The lowest BCUT2D eigenvalue weighted by molar-refractivity contribution is 0.534. The van der Waals surface area contributed by atoms with Crippen molar-refractivity contribution in [3.8, 4) is 0 Å². The van der Waals surface area contributed by atoms with E-state index in [1.54, 1.807) is 0 Å². The molecule has 0 saturated heterocycles. The summed E-state index contributed by atoms with van der Waals surface area (Å²) in [6.07, 6.45) is 4.46. The van der Waals surface area contributed by atoms with E-state index in [0.29, 0.717) is 18.1 Å². The Labute approximate surface area is 99.9 Å². The molecule has 2 atom stereocenters. The van der Waals surface area contributed by atoms with E-state index in [4.69, 9.17) is 12.2 Å². The van der Waals surface area contributed by atoms with Crippen LogP contribution in [0.4, 0.5) is 0 Å². The summed E-state index contributed by atoms with van der Waals surface area (Å²) in [6.45, 7) is 0.685. The van der Waals surface area contributed by atoms with Crippen molar-refractivity contribution in [3.05, 3.63) is 22.8 Å². The van der Waals surface area contributed by atoms with Crippen LogP contribution in [0.25, 0.3) is 0 Å². The van der Waals surface area contributed by atoms with Crippen molar-refractivity contribution < 1.29 is 8.76 Å². The Hall–Kier alpha value is -0.370. The quantitative estimate of drug-likeness (QED) is 0.560. The highest BCUT2D eigenvalue weighted by Gasteiger charge is 2.22. The first-order chi connectivity index (χ1) is 7.16. The topological polar surface area (TPSA) is 64.2 Å². The fraction of sp³-hybridized carbons (Fsp3) is 0.375. The standard InChI is InChI=1S/C8H10N2O2S3/c11-15(12)7-2-1-6(14-7)5-3-4-9-8(13)10-5/h1,3,7H,2,4H2,(H,11,12)(H2,9,10,13)/p-1. The Morgan fingerprint density at radius 2 is 2.40 bits per heavy atom. The van der Waals surface area contributed by atoms with Gasteiger partial charge in [0.15, 0.2) is 5.11 Å². The van der Waals surface area contributed by atoms with Gasteiger partial charge in [-0.25, -0.2) is 0 Å². The van der Waals surface area contributed by atoms with Crippen LogP contribution in [0.1, 0.15) is 6.42 Å². The number of thiocarbonyl (C=S) groups is 1. The molecule has 7 heteroatoms. The van der Waals surface area contributed by atoms with E-state index in [9.17, 15) is 8.76 Å². The van der Waals surface area contributed by atoms with Crippen molar-refractivity contribution in [2.45, 2.75) is 11.0 Å². The average Bonchev–Trinajstić information content (AvgIpc) is 2.66. The van der Waals surface area contributed by atoms with Crippen LogP contribution < -0.4 is 10.6 Å². The Morgan fingerprint density at radius 3 is 3.00 bits per heavy atom. The first-order valence-corrected chi connectivity index (χ1v) is 6.79. The van der Waals surface area contributed by atoms with E-state index in [1.165, 1.54) is 11.8 Å². The van der Waals surface area contributed by atoms with Crippen LogP contribution >= 0.6 is 24.0 Å². The molecule has 2 aliphatic heterocycles. The molecule has 0 bridgehead atoms. The van der Waals surface area contributed by atoms with Crippen LogP contribution in [0.15, 0.2) is 22.8 Å². The number of rotatable bonds is 2. The van der Waals surface area contributed by atoms with E-state index in [1.807, 2.05) is 12.2 Å². The van der Waals surface area contributed by atoms with E-state index < -0.39 is 11.1 Å². The number of nitrogens with one attached hydrogen (secondary N) is 2. The summed E-state index contributed by atoms with van der Waals surface area (Å²) in [4.78, 5) is 0.966. The third kappa shape index (κ3) is 2.60. The van der Waals surface area contributed by atoms with Crippen LogP contribution in [-0.2, 0) is 11.1 Å². The van der Waals surface area contributed by atoms with Gasteiger partial charge in [0.25, 0.3) is 0 Å². The first kappa shape index (κ1) is 11.1. The second-order valence-corrected chi connectivity index (χ2v) is 6.11. The highest BCUT2D eigenvalue weighted by atomic mass is 32.2. The summed E-state index contributed by atoms with van der Waals surface area (Å²) >= 11 is 4.32. The molecule has 0 amide bonds. The molecule has 0 fully saturated rings. The van der Waals surface area contributed by atoms with Gasteiger partial charge in [-0.05, 0) is 35.8 Å². The van der Waals surface area contributed by atoms with Crippen LogP contribution in [0.2, 0.25) is 0 Å². The molecule has 0 spiro atoms. The average molecular weight is 261 g/mol. The van der Waals surface area contributed by atoms with Crippen molar-refractivity contribution in [2.75, 3.05) is 6.54 Å². The normalized spacial score (nSPS) is 27.5. The predicted octanol–water partition coefficient (Wildman–Crippen LogP) is 0.574. The first-order valence-electron chi connectivity index (χ1n) is 4.37. The lowest BCUT2D eigenvalue weighted by atomic mass is 10.3. The Kier molecular flexibility index (Phi) is 3.45. The molecule has 2 heterocycles. The minimum absolute atomic E-state index is 0.355. The van der Waals surface area contributed by atoms with E-state index >= 15 is 0 Å². The summed E-state index contributed by atoms with van der Waals surface area (Å²) in [7, 11) is 0. The molecule has 0 saturated carbocycles. The highest BCUT2D eigenvalue weighted by Crippen LogP contribution is 2.37. The SMILES string of the molecule is O=S([O-])C1CC=C(C2=CCNC(=S)N2)S1. The number of hydrogen-bond donors (Lipinski definition) is 2. The molecular formula is C8H9N2O2S3-. The van der Waals surface area contributed by atoms with Gasteiger partial charge in [0.05, 0.1) is 10.3 Å². The van der Waals surface area contributed by atoms with Crippen LogP contribution in [-0.4, -0.2) is 25.0 Å². The van der Waals surface area contributed by atoms with Gasteiger partial charge in [0.1, 0.15) is 0 Å². The predicted molar refractivity (Wildman–Crippen MR) is 64.8 cm³/mol. The summed E-state index contributed by atoms with van der Waals surface area (Å²) in [5, 5.41) is 6.55. The second kappa shape index (κ2) is 4.65. The molecule has 0 aliphatic carbocycles. The third-order valence-electron chi connectivity index (χ3n) is 2.05. The summed E-state index contributed by atoms with van der Waals surface area (Å²) in [5.74, 6) is 0. The van der Waals surface area contributed by atoms with E-state index in [2.05, 4.69) is 10.6 Å². The Balaban J connectivity index is 2.04. The van der Waals surface area contributed by atoms with Crippen molar-refractivity contribution in [2.24, 2.45) is 0 Å². The molecule has 2 unspecified atom stereocenters. The Bertz CT molecular complexity index is 378. The van der Waals surface area contributed by atoms with E-state index in [-0.39, 0.29) is 4.58 Å². The van der Waals surface area contributed by atoms with Gasteiger partial charge < -0.3 is 15.2 Å². The van der Waals surface area contributed by atoms with Gasteiger partial charge in [-0.1, -0.05) is 6.08 Å². The van der Waals surface area contributed by atoms with Gasteiger partial charge in [-0.3, -0.25) is 4.21 Å². The molecule has 2 aliphatic rings. The molecule has 0 aromatic rings. The van der Waals surface area contributed by atoms with Crippen LogP contribution in [0.3, 0.4) is 0 Å². The smallest absolute Gasteiger partial charge is 0.171 e. The molecule has 82 valence electrons. The second-order valence-electron chi connectivity index (χ2n) is 3.06. The van der Waals surface area contributed by atoms with Crippen LogP contribution in [0.5, 0.6) is 0 Å². The molecule has 2 N–H and O–H groups in total. The molecule has 0 aromatic carbocycles. The largest absolute Gasteiger partial charge is 0.771 e. The van der Waals surface area contributed by atoms with Crippen molar-refractivity contribution in [3.63, 3.8) is 0 Å². The zero-order valence-electron chi connectivity index (χ0n) is 7.69. The zero-order valence-corrected chi connectivity index (χ0v) is 10.1. The minimum atomic E-state index is -2.02. The summed E-state index contributed by atoms with van der Waals surface area (Å²) in [6, 6.07) is 0. The number of thioether (sulfide) groups is 1. The van der Waals surface area contributed by atoms with Gasteiger partial charge >= 0.3 is 0 Å². The van der Waals surface area contributed by atoms with Crippen LogP contribution in [0, 0.1) is 0 Å². The van der Waals surface area contributed by atoms with Gasteiger partial charge in [0.2, 0.25) is 0 Å². The maximum absolute atomic E-state index is 10.8. The molecule has 15 heavy (non-hydrogen) atoms. The molecular weight excluding hydrogens is 252 g/mol. The summed E-state index contributed by atoms with van der Waals surface area (Å²) in [5.41, 5.74) is 0.914. The van der Waals surface area contributed by atoms with E-state index in [0.717, 1.165) is 10.6 Å². The fourth-order valence-electron chi connectivity index (χ4n) is 1.36. The monoisotopic (exact) mass is 261 g/mol. The fourth-order valence-corrected chi connectivity index (χ4v) is 3.36. The Morgan fingerprint density at radius 1 is 1.60 bits per heavy atom. The summed E-state index contributed by atoms with van der Waals surface area (Å²) < 4.78 is 21.2. The molecule has 0 aromatic heterocycles. The van der Waals surface area contributed by atoms with Gasteiger partial charge in [-0.2, -0.15) is 0 Å². The number of hydrogen-bond acceptors (Lipinski definition) is 4. The lowest BCUT2D eigenvalue weighted by Gasteiger charge is -2.19. The maximum Gasteiger partial charge on any atom is 0.171 e. The van der Waals surface area contributed by atoms with Crippen molar-refractivity contribution in [1.29, 1.82) is 0 Å². The van der Waals surface area contributed by atoms with Crippen molar-refractivity contribution in [1.82, 2.24) is 10.6 Å². The molecule has 0 radical (unpaired) electrons. The van der Waals surface area contributed by atoms with Gasteiger partial charge in [0, 0.05) is 11.4 Å². The van der Waals surface area contributed by atoms with Crippen molar-refractivity contribution >= 4 is 40.2 Å². The molecule has 4 nitrogen and oxygen atoms in total. The molecule has 2 rings (SSSR count). The number of allylic oxidation sites excluding steroid dienone is 1. The minimum Gasteiger partial charge on any atom is -0.771 e. The lowest BCUT2D eigenvalue weighted by Crippen LogP contribution is -2.39.